The van der Waals surface area contributed by atoms with Gasteiger partial charge in [-0.25, -0.2) is 18.7 Å². The lowest BCUT2D eigenvalue weighted by Gasteiger charge is -2.36. The number of nitrogens with one attached hydrogen (secondary N) is 1. The van der Waals surface area contributed by atoms with Crippen LogP contribution in [-0.4, -0.2) is 46.0 Å². The van der Waals surface area contributed by atoms with Gasteiger partial charge in [0.25, 0.3) is 5.91 Å². The van der Waals surface area contributed by atoms with Gasteiger partial charge in [0.15, 0.2) is 0 Å². The van der Waals surface area contributed by atoms with E-state index in [0.29, 0.717) is 5.56 Å². The number of carbonyl (C=O) groups is 1. The van der Waals surface area contributed by atoms with Crippen LogP contribution in [0.15, 0.2) is 30.6 Å². The number of aryl methyl sites for hydroxylation is 1. The molecule has 0 bridgehead atoms. The second-order valence-corrected chi connectivity index (χ2v) is 6.56. The topological polar surface area (TPSA) is 58.1 Å². The number of hydrogen-bond donors (Lipinski definition) is 1. The van der Waals surface area contributed by atoms with Gasteiger partial charge in [0, 0.05) is 55.8 Å². The molecule has 0 spiro atoms. The second-order valence-electron chi connectivity index (χ2n) is 6.15. The highest BCUT2D eigenvalue weighted by molar-refractivity contribution is 6.31. The van der Waals surface area contributed by atoms with Crippen molar-refractivity contribution >= 4 is 17.5 Å². The van der Waals surface area contributed by atoms with E-state index in [4.69, 9.17) is 19.8 Å². The summed E-state index contributed by atoms with van der Waals surface area (Å²) in [6.07, 6.45) is 0.905. The molecule has 5 nitrogen and oxygen atoms in total. The Labute approximate surface area is 170 Å². The molecule has 0 unspecified atom stereocenters. The number of aromatic nitrogens is 2. The number of alkyl halides is 1. The monoisotopic (exact) mass is 400 g/mol. The number of piperidine rings is 1. The summed E-state index contributed by atoms with van der Waals surface area (Å²) in [6.45, 7) is -7.00. The molecule has 1 saturated heterocycles. The number of hydrogen-bond acceptors (Lipinski definition) is 4. The van der Waals surface area contributed by atoms with Crippen molar-refractivity contribution in [3.8, 4) is 0 Å². The zero-order chi connectivity index (χ0) is 24.8. The predicted octanol–water partition coefficient (Wildman–Crippen LogP) is 3.31. The molecule has 1 aromatic heterocycles. The van der Waals surface area contributed by atoms with Crippen molar-refractivity contribution < 1.29 is 21.8 Å². The molecular weight excluding hydrogens is 374 g/mol. The minimum atomic E-state index is -2.79. The zero-order valence-electron chi connectivity index (χ0n) is 20.4. The molecule has 1 fully saturated rings. The summed E-state index contributed by atoms with van der Waals surface area (Å²) < 4.78 is 78.2. The van der Waals surface area contributed by atoms with Crippen LogP contribution in [0, 0.1) is 12.7 Å². The van der Waals surface area contributed by atoms with E-state index >= 15 is 4.39 Å². The number of rotatable bonds is 5. The van der Waals surface area contributed by atoms with Crippen LogP contribution in [0.3, 0.4) is 0 Å². The van der Waals surface area contributed by atoms with Crippen molar-refractivity contribution in [3.05, 3.63) is 58.4 Å². The number of benzene rings is 1. The van der Waals surface area contributed by atoms with E-state index in [1.165, 1.54) is 12.4 Å². The zero-order valence-corrected chi connectivity index (χ0v) is 15.1. The van der Waals surface area contributed by atoms with Crippen LogP contribution in [0.1, 0.15) is 42.8 Å². The van der Waals surface area contributed by atoms with E-state index in [9.17, 15) is 9.18 Å². The Hall–Kier alpha value is -2.12. The number of nitrogens with zero attached hydrogens (tertiary/aromatic N) is 3. The van der Waals surface area contributed by atoms with Crippen molar-refractivity contribution in [2.75, 3.05) is 19.5 Å². The average molecular weight is 401 g/mol. The van der Waals surface area contributed by atoms with Gasteiger partial charge in [0.2, 0.25) is 0 Å². The van der Waals surface area contributed by atoms with Crippen LogP contribution in [0.4, 0.5) is 8.78 Å². The van der Waals surface area contributed by atoms with E-state index in [1.807, 2.05) is 0 Å². The van der Waals surface area contributed by atoms with Gasteiger partial charge in [-0.15, -0.1) is 0 Å². The fraction of sp³-hybridized carbons (Fsp3) is 0.421. The van der Waals surface area contributed by atoms with E-state index in [-0.39, 0.29) is 16.3 Å². The Kier molecular flexibility index (Phi) is 4.02. The first-order valence-electron chi connectivity index (χ1n) is 11.1. The van der Waals surface area contributed by atoms with Gasteiger partial charge >= 0.3 is 0 Å². The molecule has 0 atom stereocenters. The Balaban J connectivity index is 1.82. The Morgan fingerprint density at radius 3 is 2.70 bits per heavy atom. The lowest BCUT2D eigenvalue weighted by atomic mass is 9.92. The van der Waals surface area contributed by atoms with E-state index in [1.54, 1.807) is 6.92 Å². The molecule has 1 N–H and O–H groups in total. The fourth-order valence-corrected chi connectivity index (χ4v) is 2.51. The highest BCUT2D eigenvalue weighted by Gasteiger charge is 2.36. The van der Waals surface area contributed by atoms with Crippen LogP contribution in [-0.2, 0) is 6.50 Å². The average Bonchev–Trinajstić information content (AvgIpc) is 2.67. The molecule has 0 radical (unpaired) electrons. The van der Waals surface area contributed by atoms with Gasteiger partial charge in [0.1, 0.15) is 17.3 Å². The summed E-state index contributed by atoms with van der Waals surface area (Å²) in [5.41, 5.74) is -2.12. The van der Waals surface area contributed by atoms with Crippen molar-refractivity contribution in [3.63, 3.8) is 0 Å². The van der Waals surface area contributed by atoms with Crippen molar-refractivity contribution in [2.45, 2.75) is 31.9 Å². The first kappa shape index (κ1) is 13.1. The molecule has 1 amide bonds. The summed E-state index contributed by atoms with van der Waals surface area (Å²) in [5.74, 6) is -2.19. The quantitative estimate of drug-likeness (QED) is 0.836. The predicted molar refractivity (Wildman–Crippen MR) is 98.9 cm³/mol. The van der Waals surface area contributed by atoms with Gasteiger partial charge in [-0.2, -0.15) is 0 Å². The maximum Gasteiger partial charge on any atom is 0.253 e. The third kappa shape index (κ3) is 4.99. The lowest BCUT2D eigenvalue weighted by Crippen LogP contribution is -2.48. The summed E-state index contributed by atoms with van der Waals surface area (Å²) in [4.78, 5) is 20.9. The third-order valence-corrected chi connectivity index (χ3v) is 4.15. The molecule has 2 aromatic rings. The second kappa shape index (κ2) is 8.27. The molecule has 144 valence electrons. The van der Waals surface area contributed by atoms with E-state index in [2.05, 4.69) is 15.3 Å². The van der Waals surface area contributed by atoms with Crippen molar-refractivity contribution in [1.29, 1.82) is 0 Å². The van der Waals surface area contributed by atoms with Crippen LogP contribution >= 0.6 is 11.6 Å². The largest absolute Gasteiger partial charge is 0.338 e. The molecule has 0 saturated carbocycles. The molecule has 3 rings (SSSR count). The number of likely N-dealkylation sites (tertiary alicyclic amines) is 1. The Morgan fingerprint density at radius 1 is 1.41 bits per heavy atom. The van der Waals surface area contributed by atoms with Crippen molar-refractivity contribution in [1.82, 2.24) is 20.2 Å². The van der Waals surface area contributed by atoms with Gasteiger partial charge in [0.05, 0.1) is 14.3 Å². The summed E-state index contributed by atoms with van der Waals surface area (Å²) >= 11 is 5.68. The summed E-state index contributed by atoms with van der Waals surface area (Å²) in [5, 5.41) is 1.91. The van der Waals surface area contributed by atoms with Crippen LogP contribution in [0.5, 0.6) is 0 Å². The first-order valence-corrected chi connectivity index (χ1v) is 8.47. The standard InChI is InChI=1S/C19H21ClF2N4O/c1-13-9-24-17(25-10-13)11-23-12-19(22)4-6-26(7-5-19)18(27)14-2-3-16(21)15(20)8-14/h2-3,8-10,23H,4-7,11-12H2,1H3/i6D2,7D2,11D2. The molecule has 0 aliphatic carbocycles. The van der Waals surface area contributed by atoms with Crippen LogP contribution in [0.2, 0.25) is 5.02 Å². The number of amides is 1. The molecule has 27 heavy (non-hydrogen) atoms. The summed E-state index contributed by atoms with van der Waals surface area (Å²) in [7, 11) is 0. The third-order valence-electron chi connectivity index (χ3n) is 3.86. The van der Waals surface area contributed by atoms with Gasteiger partial charge in [-0.3, -0.25) is 4.79 Å². The fourth-order valence-electron chi connectivity index (χ4n) is 2.33. The maximum atomic E-state index is 15.7. The molecule has 2 heterocycles. The first-order chi connectivity index (χ1) is 15.1. The smallest absolute Gasteiger partial charge is 0.253 e. The number of halogens is 3. The highest BCUT2D eigenvalue weighted by atomic mass is 35.5. The van der Waals surface area contributed by atoms with E-state index in [0.717, 1.165) is 18.2 Å². The van der Waals surface area contributed by atoms with Gasteiger partial charge in [-0.1, -0.05) is 11.6 Å². The van der Waals surface area contributed by atoms with Crippen molar-refractivity contribution in [2.24, 2.45) is 0 Å². The van der Waals surface area contributed by atoms with Crippen LogP contribution < -0.4 is 5.32 Å². The number of carbonyl (C=O) groups excluding carboxylic acids is 1. The minimum Gasteiger partial charge on any atom is -0.338 e. The maximum absolute atomic E-state index is 15.7. The molecule has 1 aliphatic rings. The summed E-state index contributed by atoms with van der Waals surface area (Å²) in [6, 6.07) is 2.87. The lowest BCUT2D eigenvalue weighted by molar-refractivity contribution is 0.0434. The molecule has 1 aliphatic heterocycles. The van der Waals surface area contributed by atoms with Gasteiger partial charge < -0.3 is 10.2 Å². The molecule has 8 heteroatoms. The van der Waals surface area contributed by atoms with Gasteiger partial charge in [-0.05, 0) is 30.7 Å². The minimum absolute atomic E-state index is 0.258. The Morgan fingerprint density at radius 2 is 2.07 bits per heavy atom. The van der Waals surface area contributed by atoms with E-state index < -0.39 is 61.3 Å². The molecule has 1 aromatic carbocycles. The Bertz CT molecular complexity index is 1040. The van der Waals surface area contributed by atoms with Crippen LogP contribution in [0.25, 0.3) is 0 Å². The highest BCUT2D eigenvalue weighted by Crippen LogP contribution is 2.27. The normalized spacial score (nSPS) is 23.9. The SMILES string of the molecule is [2H]C([2H])(NCC1(F)CC([2H])([2H])N(C(=O)c2ccc(F)c(Cl)c2)C([2H])([2H])C1)c1ncc(C)cn1. The molecular formula is C19H21ClF2N4O.